The van der Waals surface area contributed by atoms with Gasteiger partial charge in [0.05, 0.1) is 0 Å². The van der Waals surface area contributed by atoms with Crippen LogP contribution in [0.3, 0.4) is 0 Å². The highest BCUT2D eigenvalue weighted by molar-refractivity contribution is 5.94. The molecule has 0 saturated heterocycles. The average molecular weight is 260 g/mol. The third kappa shape index (κ3) is 4.27. The Labute approximate surface area is 115 Å². The Hall–Kier alpha value is -1.51. The molecule has 1 aromatic carbocycles. The van der Waals surface area contributed by atoms with Crippen LogP contribution in [0, 0.1) is 5.92 Å². The van der Waals surface area contributed by atoms with Crippen molar-refractivity contribution in [1.82, 2.24) is 5.32 Å². The van der Waals surface area contributed by atoms with Gasteiger partial charge in [0.2, 0.25) is 0 Å². The molecule has 1 aromatic rings. The molecule has 1 amide bonds. The van der Waals surface area contributed by atoms with Crippen LogP contribution in [0.25, 0.3) is 0 Å². The Morgan fingerprint density at radius 2 is 1.74 bits per heavy atom. The van der Waals surface area contributed by atoms with Gasteiger partial charge in [-0.2, -0.15) is 0 Å². The molecular formula is C16H24N2O. The molecule has 2 N–H and O–H groups in total. The van der Waals surface area contributed by atoms with E-state index in [1.54, 1.807) is 7.05 Å². The first-order valence-electron chi connectivity index (χ1n) is 7.35. The number of carbonyl (C=O) groups is 1. The number of carbonyl (C=O) groups excluding carboxylic acids is 1. The van der Waals surface area contributed by atoms with Gasteiger partial charge in [0.25, 0.3) is 5.91 Å². The summed E-state index contributed by atoms with van der Waals surface area (Å²) in [5, 5.41) is 6.13. The van der Waals surface area contributed by atoms with E-state index in [1.165, 1.54) is 38.5 Å². The maximum Gasteiger partial charge on any atom is 0.251 e. The lowest BCUT2D eigenvalue weighted by molar-refractivity contribution is 0.0963. The lowest BCUT2D eigenvalue weighted by Crippen LogP contribution is -2.18. The molecular weight excluding hydrogens is 236 g/mol. The molecule has 0 aromatic heterocycles. The Kier molecular flexibility index (Phi) is 5.25. The summed E-state index contributed by atoms with van der Waals surface area (Å²) in [5.41, 5.74) is 1.82. The Morgan fingerprint density at radius 3 is 2.32 bits per heavy atom. The van der Waals surface area contributed by atoms with Crippen molar-refractivity contribution in [2.45, 2.75) is 38.5 Å². The number of hydrogen-bond donors (Lipinski definition) is 2. The molecule has 0 radical (unpaired) electrons. The maximum atomic E-state index is 11.4. The number of anilines is 1. The van der Waals surface area contributed by atoms with Gasteiger partial charge < -0.3 is 10.6 Å². The van der Waals surface area contributed by atoms with Gasteiger partial charge in [-0.05, 0) is 43.0 Å². The summed E-state index contributed by atoms with van der Waals surface area (Å²) >= 11 is 0. The number of benzene rings is 1. The zero-order chi connectivity index (χ0) is 13.5. The van der Waals surface area contributed by atoms with Crippen LogP contribution in [0.2, 0.25) is 0 Å². The van der Waals surface area contributed by atoms with E-state index in [9.17, 15) is 4.79 Å². The van der Waals surface area contributed by atoms with Crippen molar-refractivity contribution in [1.29, 1.82) is 0 Å². The van der Waals surface area contributed by atoms with Crippen LogP contribution in [0.1, 0.15) is 48.9 Å². The highest BCUT2D eigenvalue weighted by Crippen LogP contribution is 2.23. The Bertz CT molecular complexity index is 392. The third-order valence-corrected chi connectivity index (χ3v) is 3.94. The zero-order valence-corrected chi connectivity index (χ0v) is 11.7. The predicted octanol–water partition coefficient (Wildman–Crippen LogP) is 3.43. The summed E-state index contributed by atoms with van der Waals surface area (Å²) in [6, 6.07) is 7.71. The van der Waals surface area contributed by atoms with Gasteiger partial charge in [0.1, 0.15) is 0 Å². The second kappa shape index (κ2) is 7.17. The van der Waals surface area contributed by atoms with Crippen molar-refractivity contribution in [3.05, 3.63) is 29.8 Å². The van der Waals surface area contributed by atoms with E-state index in [4.69, 9.17) is 0 Å². The fraction of sp³-hybridized carbons (Fsp3) is 0.562. The Morgan fingerprint density at radius 1 is 1.11 bits per heavy atom. The van der Waals surface area contributed by atoms with Crippen molar-refractivity contribution in [3.63, 3.8) is 0 Å². The monoisotopic (exact) mass is 260 g/mol. The second-order valence-electron chi connectivity index (χ2n) is 5.39. The van der Waals surface area contributed by atoms with Crippen LogP contribution in [0.4, 0.5) is 5.69 Å². The second-order valence-corrected chi connectivity index (χ2v) is 5.39. The summed E-state index contributed by atoms with van der Waals surface area (Å²) in [4.78, 5) is 11.4. The smallest absolute Gasteiger partial charge is 0.251 e. The van der Waals surface area contributed by atoms with Crippen LogP contribution >= 0.6 is 0 Å². The average Bonchev–Trinajstić information content (AvgIpc) is 2.73. The molecule has 2 rings (SSSR count). The topological polar surface area (TPSA) is 41.1 Å². The molecule has 1 saturated carbocycles. The summed E-state index contributed by atoms with van der Waals surface area (Å²) in [6.07, 6.45) is 8.26. The van der Waals surface area contributed by atoms with E-state index in [0.717, 1.165) is 18.2 Å². The normalized spacial score (nSPS) is 16.7. The van der Waals surface area contributed by atoms with Gasteiger partial charge in [-0.15, -0.1) is 0 Å². The molecule has 0 aliphatic heterocycles. The predicted molar refractivity (Wildman–Crippen MR) is 79.5 cm³/mol. The van der Waals surface area contributed by atoms with E-state index in [1.807, 2.05) is 24.3 Å². The summed E-state index contributed by atoms with van der Waals surface area (Å²) in [6.45, 7) is 1.05. The van der Waals surface area contributed by atoms with Gasteiger partial charge >= 0.3 is 0 Å². The van der Waals surface area contributed by atoms with Crippen LogP contribution in [-0.4, -0.2) is 19.5 Å². The standard InChI is InChI=1S/C16H24N2O/c1-17-16(19)14-8-10-15(11-9-14)18-12-13-6-4-2-3-5-7-13/h8-11,13,18H,2-7,12H2,1H3,(H,17,19). The largest absolute Gasteiger partial charge is 0.385 e. The fourth-order valence-corrected chi connectivity index (χ4v) is 2.71. The number of hydrogen-bond acceptors (Lipinski definition) is 2. The van der Waals surface area contributed by atoms with Crippen molar-refractivity contribution >= 4 is 11.6 Å². The van der Waals surface area contributed by atoms with Crippen molar-refractivity contribution in [2.24, 2.45) is 5.92 Å². The summed E-state index contributed by atoms with van der Waals surface area (Å²) in [7, 11) is 1.65. The molecule has 19 heavy (non-hydrogen) atoms. The Balaban J connectivity index is 1.83. The summed E-state index contributed by atoms with van der Waals surface area (Å²) in [5.74, 6) is 0.774. The van der Waals surface area contributed by atoms with E-state index in [0.29, 0.717) is 5.56 Å². The van der Waals surface area contributed by atoms with Gasteiger partial charge in [-0.3, -0.25) is 4.79 Å². The van der Waals surface area contributed by atoms with Crippen molar-refractivity contribution in [2.75, 3.05) is 18.9 Å². The number of amides is 1. The van der Waals surface area contributed by atoms with Crippen molar-refractivity contribution in [3.8, 4) is 0 Å². The van der Waals surface area contributed by atoms with Crippen LogP contribution in [-0.2, 0) is 0 Å². The molecule has 0 heterocycles. The van der Waals surface area contributed by atoms with E-state index >= 15 is 0 Å². The molecule has 0 bridgehead atoms. The molecule has 0 spiro atoms. The fourth-order valence-electron chi connectivity index (χ4n) is 2.71. The van der Waals surface area contributed by atoms with Crippen LogP contribution in [0.15, 0.2) is 24.3 Å². The zero-order valence-electron chi connectivity index (χ0n) is 11.7. The van der Waals surface area contributed by atoms with Gasteiger partial charge in [0, 0.05) is 24.8 Å². The third-order valence-electron chi connectivity index (χ3n) is 3.94. The molecule has 3 heteroatoms. The molecule has 3 nitrogen and oxygen atoms in total. The van der Waals surface area contributed by atoms with Gasteiger partial charge in [0.15, 0.2) is 0 Å². The lowest BCUT2D eigenvalue weighted by atomic mass is 10.0. The number of nitrogens with one attached hydrogen (secondary N) is 2. The van der Waals surface area contributed by atoms with E-state index in [2.05, 4.69) is 10.6 Å². The lowest BCUT2D eigenvalue weighted by Gasteiger charge is -2.15. The molecule has 0 unspecified atom stereocenters. The SMILES string of the molecule is CNC(=O)c1ccc(NCC2CCCCCC2)cc1. The summed E-state index contributed by atoms with van der Waals surface area (Å²) < 4.78 is 0. The van der Waals surface area contributed by atoms with Crippen LogP contribution in [0.5, 0.6) is 0 Å². The van der Waals surface area contributed by atoms with E-state index < -0.39 is 0 Å². The van der Waals surface area contributed by atoms with Gasteiger partial charge in [-0.1, -0.05) is 25.7 Å². The van der Waals surface area contributed by atoms with Gasteiger partial charge in [-0.25, -0.2) is 0 Å². The van der Waals surface area contributed by atoms with Crippen molar-refractivity contribution < 1.29 is 4.79 Å². The maximum absolute atomic E-state index is 11.4. The molecule has 0 atom stereocenters. The van der Waals surface area contributed by atoms with E-state index in [-0.39, 0.29) is 5.91 Å². The molecule has 1 aliphatic rings. The molecule has 1 aliphatic carbocycles. The molecule has 104 valence electrons. The first kappa shape index (κ1) is 13.9. The minimum absolute atomic E-state index is 0.0321. The van der Waals surface area contributed by atoms with Crippen LogP contribution < -0.4 is 10.6 Å². The molecule has 1 fully saturated rings. The first-order valence-corrected chi connectivity index (χ1v) is 7.35. The first-order chi connectivity index (χ1) is 9.29. The quantitative estimate of drug-likeness (QED) is 0.814. The minimum atomic E-state index is -0.0321. The minimum Gasteiger partial charge on any atom is -0.385 e. The number of rotatable bonds is 4. The highest BCUT2D eigenvalue weighted by atomic mass is 16.1. The highest BCUT2D eigenvalue weighted by Gasteiger charge is 2.11.